The van der Waals surface area contributed by atoms with Gasteiger partial charge < -0.3 is 9.47 Å². The quantitative estimate of drug-likeness (QED) is 0.299. The van der Waals surface area contributed by atoms with Gasteiger partial charge in [0, 0.05) is 5.56 Å². The van der Waals surface area contributed by atoms with Crippen molar-refractivity contribution < 1.29 is 19.1 Å². The van der Waals surface area contributed by atoms with E-state index in [9.17, 15) is 9.59 Å². The number of hydrazine groups is 1. The van der Waals surface area contributed by atoms with Crippen LogP contribution in [0.3, 0.4) is 0 Å². The van der Waals surface area contributed by atoms with Crippen molar-refractivity contribution in [3.05, 3.63) is 99.5 Å². The molecule has 0 saturated carbocycles. The Morgan fingerprint density at radius 3 is 2.31 bits per heavy atom. The van der Waals surface area contributed by atoms with Crippen molar-refractivity contribution in [1.29, 1.82) is 0 Å². The lowest BCUT2D eigenvalue weighted by Gasteiger charge is -2.15. The molecule has 0 aromatic heterocycles. The van der Waals surface area contributed by atoms with Crippen LogP contribution in [-0.4, -0.2) is 27.8 Å². The standard InChI is InChI=1S/C28H26N2O4S2/c1-4-33-24-15-21(11-14-23(24)34-17-20-9-5-18(2)6-10-20)16-25-27(32)30(28(35)36-25)29-26(31)22-12-7-19(3)8-13-22/h5-16H,4,17H2,1-3H3,(H,29,31)/b25-16-. The van der Waals surface area contributed by atoms with Crippen LogP contribution in [0.4, 0.5) is 0 Å². The Hall–Kier alpha value is -3.62. The average Bonchev–Trinajstić information content (AvgIpc) is 3.12. The number of benzene rings is 3. The second kappa shape index (κ2) is 11.4. The molecule has 1 saturated heterocycles. The van der Waals surface area contributed by atoms with Crippen molar-refractivity contribution in [2.75, 3.05) is 6.61 Å². The molecular formula is C28H26N2O4S2. The lowest BCUT2D eigenvalue weighted by Crippen LogP contribution is -2.44. The molecule has 0 bridgehead atoms. The highest BCUT2D eigenvalue weighted by Crippen LogP contribution is 2.34. The molecule has 0 radical (unpaired) electrons. The molecule has 1 fully saturated rings. The average molecular weight is 519 g/mol. The van der Waals surface area contributed by atoms with Crippen LogP contribution in [0.15, 0.2) is 71.6 Å². The maximum absolute atomic E-state index is 13.0. The van der Waals surface area contributed by atoms with Crippen LogP contribution in [0.2, 0.25) is 0 Å². The number of aryl methyl sites for hydroxylation is 2. The highest BCUT2D eigenvalue weighted by atomic mass is 32.2. The summed E-state index contributed by atoms with van der Waals surface area (Å²) in [5.74, 6) is 0.415. The Balaban J connectivity index is 1.48. The van der Waals surface area contributed by atoms with Crippen LogP contribution in [0.25, 0.3) is 6.08 Å². The summed E-state index contributed by atoms with van der Waals surface area (Å²) >= 11 is 6.48. The summed E-state index contributed by atoms with van der Waals surface area (Å²) in [6, 6.07) is 20.7. The van der Waals surface area contributed by atoms with Crippen LogP contribution in [0.5, 0.6) is 11.5 Å². The summed E-state index contributed by atoms with van der Waals surface area (Å²) in [7, 11) is 0. The van der Waals surface area contributed by atoms with Crippen molar-refractivity contribution in [1.82, 2.24) is 10.4 Å². The Morgan fingerprint density at radius 2 is 1.64 bits per heavy atom. The molecule has 1 aliphatic heterocycles. The number of carbonyl (C=O) groups excluding carboxylic acids is 2. The summed E-state index contributed by atoms with van der Waals surface area (Å²) in [6.07, 6.45) is 1.73. The van der Waals surface area contributed by atoms with Crippen molar-refractivity contribution in [2.45, 2.75) is 27.4 Å². The smallest absolute Gasteiger partial charge is 0.285 e. The molecule has 1 N–H and O–H groups in total. The first kappa shape index (κ1) is 25.5. The van der Waals surface area contributed by atoms with Gasteiger partial charge in [0.15, 0.2) is 15.8 Å². The van der Waals surface area contributed by atoms with E-state index in [4.69, 9.17) is 21.7 Å². The van der Waals surface area contributed by atoms with E-state index in [1.54, 1.807) is 18.2 Å². The predicted molar refractivity (Wildman–Crippen MR) is 147 cm³/mol. The van der Waals surface area contributed by atoms with Crippen LogP contribution in [0, 0.1) is 13.8 Å². The fraction of sp³-hybridized carbons (Fsp3) is 0.179. The van der Waals surface area contributed by atoms with E-state index in [1.807, 2.05) is 75.4 Å². The molecule has 0 atom stereocenters. The maximum atomic E-state index is 13.0. The number of nitrogens with one attached hydrogen (secondary N) is 1. The predicted octanol–water partition coefficient (Wildman–Crippen LogP) is 5.83. The van der Waals surface area contributed by atoms with Gasteiger partial charge >= 0.3 is 0 Å². The largest absolute Gasteiger partial charge is 0.490 e. The molecule has 4 rings (SSSR count). The highest BCUT2D eigenvalue weighted by Gasteiger charge is 2.33. The summed E-state index contributed by atoms with van der Waals surface area (Å²) in [5, 5.41) is 1.11. The number of nitrogens with zero attached hydrogens (tertiary/aromatic N) is 1. The molecule has 184 valence electrons. The summed E-state index contributed by atoms with van der Waals surface area (Å²) in [6.45, 7) is 6.77. The van der Waals surface area contributed by atoms with Crippen molar-refractivity contribution in [3.63, 3.8) is 0 Å². The number of carbonyl (C=O) groups is 2. The minimum absolute atomic E-state index is 0.259. The van der Waals surface area contributed by atoms with Gasteiger partial charge in [0.2, 0.25) is 0 Å². The molecule has 0 spiro atoms. The van der Waals surface area contributed by atoms with Gasteiger partial charge in [-0.1, -0.05) is 65.4 Å². The Labute approximate surface area is 220 Å². The number of hydrogen-bond acceptors (Lipinski definition) is 6. The van der Waals surface area contributed by atoms with Crippen molar-refractivity contribution >= 4 is 46.2 Å². The lowest BCUT2D eigenvalue weighted by atomic mass is 10.1. The first-order valence-corrected chi connectivity index (χ1v) is 12.7. The number of amides is 2. The third-order valence-electron chi connectivity index (χ3n) is 5.40. The van der Waals surface area contributed by atoms with Gasteiger partial charge in [-0.05, 0) is 74.5 Å². The monoisotopic (exact) mass is 518 g/mol. The van der Waals surface area contributed by atoms with Crippen LogP contribution in [-0.2, 0) is 11.4 Å². The first-order chi connectivity index (χ1) is 17.3. The molecular weight excluding hydrogens is 492 g/mol. The van der Waals surface area contributed by atoms with Gasteiger partial charge in [-0.15, -0.1) is 0 Å². The molecule has 1 heterocycles. The lowest BCUT2D eigenvalue weighted by molar-refractivity contribution is -0.123. The van der Waals surface area contributed by atoms with E-state index in [-0.39, 0.29) is 10.2 Å². The zero-order valence-corrected chi connectivity index (χ0v) is 21.9. The van der Waals surface area contributed by atoms with E-state index < -0.39 is 5.91 Å². The zero-order valence-electron chi connectivity index (χ0n) is 20.2. The summed E-state index contributed by atoms with van der Waals surface area (Å²) < 4.78 is 12.0. The van der Waals surface area contributed by atoms with Crippen molar-refractivity contribution in [2.24, 2.45) is 0 Å². The SMILES string of the molecule is CCOc1cc(/C=C2\SC(=S)N(NC(=O)c3ccc(C)cc3)C2=O)ccc1OCc1ccc(C)cc1. The topological polar surface area (TPSA) is 67.9 Å². The molecule has 3 aromatic carbocycles. The van der Waals surface area contributed by atoms with Gasteiger partial charge in [-0.3, -0.25) is 15.0 Å². The van der Waals surface area contributed by atoms with Crippen molar-refractivity contribution in [3.8, 4) is 11.5 Å². The van der Waals surface area contributed by atoms with E-state index in [0.717, 1.165) is 33.5 Å². The van der Waals surface area contributed by atoms with Crippen LogP contribution < -0.4 is 14.9 Å². The number of ether oxygens (including phenoxy) is 2. The molecule has 6 nitrogen and oxygen atoms in total. The van der Waals surface area contributed by atoms with Crippen LogP contribution >= 0.6 is 24.0 Å². The van der Waals surface area contributed by atoms with Gasteiger partial charge in [-0.25, -0.2) is 0 Å². The van der Waals surface area contributed by atoms with Gasteiger partial charge in [0.25, 0.3) is 11.8 Å². The van der Waals surface area contributed by atoms with E-state index >= 15 is 0 Å². The Morgan fingerprint density at radius 1 is 0.972 bits per heavy atom. The number of hydrogen-bond donors (Lipinski definition) is 1. The molecule has 3 aromatic rings. The van der Waals surface area contributed by atoms with E-state index in [2.05, 4.69) is 5.43 Å². The summed E-state index contributed by atoms with van der Waals surface area (Å²) in [4.78, 5) is 26.0. The summed E-state index contributed by atoms with van der Waals surface area (Å²) in [5.41, 5.74) is 7.10. The highest BCUT2D eigenvalue weighted by molar-refractivity contribution is 8.26. The normalized spacial score (nSPS) is 14.3. The van der Waals surface area contributed by atoms with E-state index in [1.165, 1.54) is 5.56 Å². The molecule has 36 heavy (non-hydrogen) atoms. The molecule has 1 aliphatic rings. The number of thioether (sulfide) groups is 1. The fourth-order valence-electron chi connectivity index (χ4n) is 3.43. The fourth-order valence-corrected chi connectivity index (χ4v) is 4.61. The number of thiocarbonyl (C=S) groups is 1. The minimum atomic E-state index is -0.402. The second-order valence-corrected chi connectivity index (χ2v) is 9.91. The Bertz CT molecular complexity index is 1320. The molecule has 2 amide bonds. The van der Waals surface area contributed by atoms with Crippen LogP contribution in [0.1, 0.15) is 39.5 Å². The molecule has 0 unspecified atom stereocenters. The first-order valence-electron chi connectivity index (χ1n) is 11.4. The van der Waals surface area contributed by atoms with Gasteiger partial charge in [0.1, 0.15) is 6.61 Å². The third-order valence-corrected chi connectivity index (χ3v) is 6.70. The molecule has 8 heteroatoms. The number of rotatable bonds is 8. The third kappa shape index (κ3) is 6.13. The minimum Gasteiger partial charge on any atom is -0.490 e. The maximum Gasteiger partial charge on any atom is 0.285 e. The Kier molecular flexibility index (Phi) is 8.07. The van der Waals surface area contributed by atoms with Gasteiger partial charge in [-0.2, -0.15) is 5.01 Å². The zero-order chi connectivity index (χ0) is 25.7. The van der Waals surface area contributed by atoms with E-state index in [0.29, 0.717) is 35.2 Å². The second-order valence-electron chi connectivity index (χ2n) is 8.24. The van der Waals surface area contributed by atoms with Gasteiger partial charge in [0.05, 0.1) is 11.5 Å². The molecule has 0 aliphatic carbocycles.